The Morgan fingerprint density at radius 3 is 1.03 bits per heavy atom. The molecule has 4 aromatic heterocycles. The highest BCUT2D eigenvalue weighted by Gasteiger charge is 2.23. The van der Waals surface area contributed by atoms with Gasteiger partial charge in [0.15, 0.2) is 0 Å². The van der Waals surface area contributed by atoms with Crippen LogP contribution < -0.4 is 22.2 Å². The highest BCUT2D eigenvalue weighted by molar-refractivity contribution is 7.52. The third-order valence-corrected chi connectivity index (χ3v) is 6.86. The standard InChI is InChI=1S/C18H16N2O10P2/c21-15-9-1-2-10(16(22)19(15)5-7-31(25,26)27)14-12-4-3-11(13(9)14)17(23)20(18(12)24)6-8-32(28,29)30/h1-4H,5-8H2,(H2,25,26,27)(H2,28,29,30). The molecule has 0 atom stereocenters. The first-order chi connectivity index (χ1) is 14.8. The van der Waals surface area contributed by atoms with Crippen LogP contribution in [-0.2, 0) is 22.2 Å². The van der Waals surface area contributed by atoms with E-state index in [0.29, 0.717) is 9.13 Å². The highest BCUT2D eigenvalue weighted by Crippen LogP contribution is 2.35. The predicted octanol–water partition coefficient (Wildman–Crippen LogP) is -0.579. The van der Waals surface area contributed by atoms with E-state index in [0.717, 1.165) is 0 Å². The Kier molecular flexibility index (Phi) is 5.21. The summed E-state index contributed by atoms with van der Waals surface area (Å²) < 4.78 is 23.8. The maximum absolute atomic E-state index is 13.1. The molecule has 0 saturated heterocycles. The van der Waals surface area contributed by atoms with Gasteiger partial charge in [0.2, 0.25) is 0 Å². The lowest BCUT2D eigenvalue weighted by molar-refractivity contribution is 0.367. The number of hydrogen-bond acceptors (Lipinski definition) is 6. The molecule has 4 N–H and O–H groups in total. The Balaban J connectivity index is 2.16. The van der Waals surface area contributed by atoms with Crippen molar-refractivity contribution < 1.29 is 28.7 Å². The van der Waals surface area contributed by atoms with Crippen LogP contribution in [0.15, 0.2) is 43.4 Å². The Labute approximate surface area is 177 Å². The number of hydrogen-bond donors (Lipinski definition) is 4. The largest absolute Gasteiger partial charge is 0.327 e. The van der Waals surface area contributed by atoms with Crippen molar-refractivity contribution in [1.29, 1.82) is 0 Å². The zero-order valence-electron chi connectivity index (χ0n) is 16.2. The maximum atomic E-state index is 13.1. The highest BCUT2D eigenvalue weighted by atomic mass is 31.2. The number of nitrogens with zero attached hydrogens (tertiary/aromatic N) is 2. The second-order valence-electron chi connectivity index (χ2n) is 7.37. The topological polar surface area (TPSA) is 193 Å². The molecule has 12 nitrogen and oxygen atoms in total. The van der Waals surface area contributed by atoms with Crippen LogP contribution in [0, 0.1) is 0 Å². The molecule has 2 aromatic carbocycles. The smallest absolute Gasteiger partial charge is 0.324 e. The molecule has 0 aliphatic rings. The molecule has 0 saturated carbocycles. The lowest BCUT2D eigenvalue weighted by Crippen LogP contribution is -2.31. The molecule has 0 aliphatic heterocycles. The van der Waals surface area contributed by atoms with Crippen LogP contribution in [0.1, 0.15) is 0 Å². The molecule has 0 amide bonds. The van der Waals surface area contributed by atoms with Crippen LogP contribution in [0.25, 0.3) is 32.3 Å². The molecule has 0 spiro atoms. The van der Waals surface area contributed by atoms with Gasteiger partial charge in [0.05, 0.1) is 12.3 Å². The molecule has 6 aromatic rings. The molecule has 32 heavy (non-hydrogen) atoms. The summed E-state index contributed by atoms with van der Waals surface area (Å²) in [7, 11) is -9.04. The summed E-state index contributed by atoms with van der Waals surface area (Å²) in [5.74, 6) is 0. The second kappa shape index (κ2) is 7.41. The molecule has 4 bridgehead atoms. The van der Waals surface area contributed by atoms with Crippen molar-refractivity contribution in [2.24, 2.45) is 0 Å². The average Bonchev–Trinajstić information content (AvgIpc) is 2.96. The normalized spacial score (nSPS) is 13.0. The molecule has 0 radical (unpaired) electrons. The van der Waals surface area contributed by atoms with E-state index < -0.39 is 62.8 Å². The van der Waals surface area contributed by atoms with E-state index in [1.165, 1.54) is 24.3 Å². The van der Waals surface area contributed by atoms with Gasteiger partial charge in [-0.1, -0.05) is 0 Å². The molecular weight excluding hydrogens is 466 g/mol. The Hall–Kier alpha value is -2.72. The van der Waals surface area contributed by atoms with Crippen LogP contribution >= 0.6 is 15.2 Å². The first-order valence-corrected chi connectivity index (χ1v) is 12.8. The summed E-state index contributed by atoms with van der Waals surface area (Å²) in [5, 5.41) is -0.335. The molecule has 4 heterocycles. The van der Waals surface area contributed by atoms with E-state index in [9.17, 15) is 28.3 Å². The van der Waals surface area contributed by atoms with Crippen LogP contribution in [0.4, 0.5) is 0 Å². The monoisotopic (exact) mass is 482 g/mol. The van der Waals surface area contributed by atoms with Gasteiger partial charge in [-0.3, -0.25) is 37.4 Å². The van der Waals surface area contributed by atoms with Gasteiger partial charge in [-0.25, -0.2) is 0 Å². The minimum Gasteiger partial charge on any atom is -0.324 e. The summed E-state index contributed by atoms with van der Waals surface area (Å²) in [6, 6.07) is 5.19. The minimum atomic E-state index is -4.52. The fourth-order valence-corrected chi connectivity index (χ4v) is 4.76. The lowest BCUT2D eigenvalue weighted by atomic mass is 10.00. The van der Waals surface area contributed by atoms with E-state index in [1.807, 2.05) is 0 Å². The van der Waals surface area contributed by atoms with Crippen molar-refractivity contribution >= 4 is 47.5 Å². The summed E-state index contributed by atoms with van der Waals surface area (Å²) in [6.07, 6.45) is -1.51. The SMILES string of the molecule is O=c1c2ccc(c(=O)n1CCP(=O)(O)O)c1c3ccc(c(=O)n(CCP(=O)(O)O)c3=O)c21. The molecule has 0 unspecified atom stereocenters. The number of benzene rings is 2. The van der Waals surface area contributed by atoms with Crippen molar-refractivity contribution in [3.8, 4) is 0 Å². The van der Waals surface area contributed by atoms with Crippen LogP contribution in [-0.4, -0.2) is 41.0 Å². The van der Waals surface area contributed by atoms with E-state index in [4.69, 9.17) is 19.6 Å². The van der Waals surface area contributed by atoms with Gasteiger partial charge < -0.3 is 19.6 Å². The lowest BCUT2D eigenvalue weighted by Gasteiger charge is -2.04. The van der Waals surface area contributed by atoms with Gasteiger partial charge >= 0.3 is 15.2 Å². The van der Waals surface area contributed by atoms with Gasteiger partial charge in [-0.15, -0.1) is 0 Å². The van der Waals surface area contributed by atoms with Crippen molar-refractivity contribution in [2.45, 2.75) is 13.1 Å². The molecule has 0 fully saturated rings. The van der Waals surface area contributed by atoms with Gasteiger partial charge in [0, 0.05) is 45.4 Å². The summed E-state index contributed by atoms with van der Waals surface area (Å²) in [6.45, 7) is -1.13. The summed E-state index contributed by atoms with van der Waals surface area (Å²) in [4.78, 5) is 88.8. The zero-order valence-corrected chi connectivity index (χ0v) is 18.0. The number of fused-ring (bicyclic) bond motifs is 6. The number of rotatable bonds is 6. The van der Waals surface area contributed by atoms with E-state index >= 15 is 0 Å². The first kappa shape index (κ1) is 22.5. The van der Waals surface area contributed by atoms with E-state index in [1.54, 1.807) is 0 Å². The molecule has 14 heteroatoms. The Morgan fingerprint density at radius 1 is 0.562 bits per heavy atom. The van der Waals surface area contributed by atoms with Crippen LogP contribution in [0.5, 0.6) is 0 Å². The molecule has 0 aliphatic carbocycles. The van der Waals surface area contributed by atoms with Crippen molar-refractivity contribution in [1.82, 2.24) is 9.13 Å². The van der Waals surface area contributed by atoms with Gasteiger partial charge in [0.25, 0.3) is 22.2 Å². The molecule has 168 valence electrons. The maximum Gasteiger partial charge on any atom is 0.327 e. The van der Waals surface area contributed by atoms with Crippen molar-refractivity contribution in [3.05, 3.63) is 65.7 Å². The fraction of sp³-hybridized carbons (Fsp3) is 0.222. The first-order valence-electron chi connectivity index (χ1n) is 9.21. The zero-order chi connectivity index (χ0) is 23.6. The third kappa shape index (κ3) is 3.71. The quantitative estimate of drug-likeness (QED) is 0.258. The minimum absolute atomic E-state index is 0.0362. The molecular formula is C18H16N2O10P2. The van der Waals surface area contributed by atoms with Gasteiger partial charge in [0.1, 0.15) is 0 Å². The Morgan fingerprint density at radius 2 is 0.812 bits per heavy atom. The Bertz CT molecular complexity index is 1490. The summed E-state index contributed by atoms with van der Waals surface area (Å²) >= 11 is 0. The second-order valence-corrected chi connectivity index (χ2v) is 10.9. The van der Waals surface area contributed by atoms with E-state index in [-0.39, 0.29) is 32.3 Å². The van der Waals surface area contributed by atoms with E-state index in [2.05, 4.69) is 0 Å². The molecule has 6 rings (SSSR count). The third-order valence-electron chi connectivity index (χ3n) is 5.29. The van der Waals surface area contributed by atoms with Crippen molar-refractivity contribution in [3.63, 3.8) is 0 Å². The van der Waals surface area contributed by atoms with Crippen LogP contribution in [0.3, 0.4) is 0 Å². The average molecular weight is 482 g/mol. The van der Waals surface area contributed by atoms with Crippen LogP contribution in [0.2, 0.25) is 0 Å². The van der Waals surface area contributed by atoms with Crippen molar-refractivity contribution in [2.75, 3.05) is 12.3 Å². The van der Waals surface area contributed by atoms with Gasteiger partial charge in [-0.2, -0.15) is 0 Å². The van der Waals surface area contributed by atoms with Gasteiger partial charge in [-0.05, 0) is 24.3 Å². The fourth-order valence-electron chi connectivity index (χ4n) is 3.84. The predicted molar refractivity (Wildman–Crippen MR) is 116 cm³/mol. The summed E-state index contributed by atoms with van der Waals surface area (Å²) in [5.41, 5.74) is -3.52. The number of aromatic nitrogens is 2.